The van der Waals surface area contributed by atoms with Crippen LogP contribution in [0.2, 0.25) is 0 Å². The molecule has 3 aromatic heterocycles. The van der Waals surface area contributed by atoms with E-state index in [0.717, 1.165) is 16.3 Å². The Labute approximate surface area is 119 Å². The monoisotopic (exact) mass is 275 g/mol. The second-order valence-corrected chi connectivity index (χ2v) is 4.42. The van der Waals surface area contributed by atoms with Crippen molar-refractivity contribution in [1.29, 1.82) is 0 Å². The van der Waals surface area contributed by atoms with Gasteiger partial charge in [0.05, 0.1) is 11.8 Å². The van der Waals surface area contributed by atoms with Gasteiger partial charge in [0.2, 0.25) is 5.82 Å². The molecule has 3 heterocycles. The van der Waals surface area contributed by atoms with Crippen molar-refractivity contribution in [2.45, 2.75) is 0 Å². The molecule has 0 aliphatic rings. The van der Waals surface area contributed by atoms with Gasteiger partial charge in [0.15, 0.2) is 0 Å². The Hall–Kier alpha value is -3.15. The van der Waals surface area contributed by atoms with Crippen molar-refractivity contribution in [2.75, 3.05) is 0 Å². The molecule has 4 aromatic rings. The molecule has 1 aromatic carbocycles. The standard InChI is InChI=1S/C15H9N5O/c1-2-4-11-10(3-1)7-17-8-12(11)15-19-14(20-21-15)13-9-16-5-6-18-13/h1-9H. The van der Waals surface area contributed by atoms with Crippen molar-refractivity contribution in [2.24, 2.45) is 0 Å². The van der Waals surface area contributed by atoms with E-state index < -0.39 is 0 Å². The van der Waals surface area contributed by atoms with Crippen LogP contribution in [-0.2, 0) is 0 Å². The van der Waals surface area contributed by atoms with Gasteiger partial charge < -0.3 is 4.52 Å². The van der Waals surface area contributed by atoms with Crippen LogP contribution in [0.1, 0.15) is 0 Å². The smallest absolute Gasteiger partial charge is 0.260 e. The minimum absolute atomic E-state index is 0.408. The first-order valence-corrected chi connectivity index (χ1v) is 6.35. The molecule has 21 heavy (non-hydrogen) atoms. The number of fused-ring (bicyclic) bond motifs is 1. The molecule has 0 spiro atoms. The van der Waals surface area contributed by atoms with Crippen molar-refractivity contribution in [3.63, 3.8) is 0 Å². The number of benzene rings is 1. The van der Waals surface area contributed by atoms with Gasteiger partial charge >= 0.3 is 0 Å². The minimum Gasteiger partial charge on any atom is -0.333 e. The highest BCUT2D eigenvalue weighted by Crippen LogP contribution is 2.27. The van der Waals surface area contributed by atoms with E-state index in [9.17, 15) is 0 Å². The van der Waals surface area contributed by atoms with E-state index in [0.29, 0.717) is 17.4 Å². The van der Waals surface area contributed by atoms with Crippen LogP contribution in [0, 0.1) is 0 Å². The summed E-state index contributed by atoms with van der Waals surface area (Å²) in [5.74, 6) is 0.825. The van der Waals surface area contributed by atoms with Gasteiger partial charge in [0, 0.05) is 30.2 Å². The van der Waals surface area contributed by atoms with Crippen LogP contribution in [0.3, 0.4) is 0 Å². The van der Waals surface area contributed by atoms with Crippen molar-refractivity contribution in [3.8, 4) is 23.0 Å². The number of hydrogen-bond donors (Lipinski definition) is 0. The number of nitrogens with zero attached hydrogens (tertiary/aromatic N) is 5. The molecule has 0 aliphatic heterocycles. The fourth-order valence-electron chi connectivity index (χ4n) is 2.14. The zero-order chi connectivity index (χ0) is 14.1. The summed E-state index contributed by atoms with van der Waals surface area (Å²) in [6.07, 6.45) is 8.30. The Balaban J connectivity index is 1.85. The van der Waals surface area contributed by atoms with E-state index in [1.54, 1.807) is 31.0 Å². The van der Waals surface area contributed by atoms with Crippen molar-refractivity contribution in [3.05, 3.63) is 55.2 Å². The second-order valence-electron chi connectivity index (χ2n) is 4.42. The maximum Gasteiger partial charge on any atom is 0.260 e. The number of aromatic nitrogens is 5. The largest absolute Gasteiger partial charge is 0.333 e. The molecule has 0 atom stereocenters. The van der Waals surface area contributed by atoms with Gasteiger partial charge in [-0.15, -0.1) is 0 Å². The van der Waals surface area contributed by atoms with Crippen molar-refractivity contribution < 1.29 is 4.52 Å². The molecule has 0 N–H and O–H groups in total. The predicted molar refractivity (Wildman–Crippen MR) is 76.1 cm³/mol. The maximum absolute atomic E-state index is 5.34. The van der Waals surface area contributed by atoms with Gasteiger partial charge in [0.25, 0.3) is 5.89 Å². The molecular weight excluding hydrogens is 266 g/mol. The Morgan fingerprint density at radius 1 is 0.905 bits per heavy atom. The molecule has 6 nitrogen and oxygen atoms in total. The molecule has 0 aliphatic carbocycles. The van der Waals surface area contributed by atoms with Crippen LogP contribution >= 0.6 is 0 Å². The third-order valence-corrected chi connectivity index (χ3v) is 3.12. The Kier molecular flexibility index (Phi) is 2.64. The average molecular weight is 275 g/mol. The number of hydrogen-bond acceptors (Lipinski definition) is 6. The van der Waals surface area contributed by atoms with Crippen LogP contribution in [-0.4, -0.2) is 25.1 Å². The SMILES string of the molecule is c1ccc2c(-c3nc(-c4cnccn4)no3)cncc2c1. The normalized spacial score (nSPS) is 10.9. The zero-order valence-electron chi connectivity index (χ0n) is 10.8. The fraction of sp³-hybridized carbons (Fsp3) is 0. The number of pyridine rings is 1. The fourth-order valence-corrected chi connectivity index (χ4v) is 2.14. The first kappa shape index (κ1) is 11.7. The molecule has 0 fully saturated rings. The van der Waals surface area contributed by atoms with Gasteiger partial charge in [-0.05, 0) is 5.39 Å². The summed E-state index contributed by atoms with van der Waals surface area (Å²) in [5.41, 5.74) is 1.37. The van der Waals surface area contributed by atoms with Gasteiger partial charge in [-0.2, -0.15) is 4.98 Å². The highest BCUT2D eigenvalue weighted by atomic mass is 16.5. The molecular formula is C15H9N5O. The van der Waals surface area contributed by atoms with Crippen molar-refractivity contribution in [1.82, 2.24) is 25.1 Å². The lowest BCUT2D eigenvalue weighted by Gasteiger charge is -2.00. The second kappa shape index (κ2) is 4.75. The van der Waals surface area contributed by atoms with Crippen LogP contribution < -0.4 is 0 Å². The van der Waals surface area contributed by atoms with E-state index in [1.807, 2.05) is 24.3 Å². The van der Waals surface area contributed by atoms with Gasteiger partial charge in [0.1, 0.15) is 5.69 Å². The lowest BCUT2D eigenvalue weighted by atomic mass is 10.1. The first-order valence-electron chi connectivity index (χ1n) is 6.35. The predicted octanol–water partition coefficient (Wildman–Crippen LogP) is 2.74. The highest BCUT2D eigenvalue weighted by Gasteiger charge is 2.14. The maximum atomic E-state index is 5.34. The lowest BCUT2D eigenvalue weighted by molar-refractivity contribution is 0.432. The summed E-state index contributed by atoms with van der Waals surface area (Å²) in [5, 5.41) is 5.99. The lowest BCUT2D eigenvalue weighted by Crippen LogP contribution is -1.87. The zero-order valence-corrected chi connectivity index (χ0v) is 10.8. The molecule has 0 amide bonds. The molecule has 0 unspecified atom stereocenters. The quantitative estimate of drug-likeness (QED) is 0.559. The van der Waals surface area contributed by atoms with Gasteiger partial charge in [-0.25, -0.2) is 4.98 Å². The Bertz CT molecular complexity index is 899. The van der Waals surface area contributed by atoms with Crippen LogP contribution in [0.15, 0.2) is 59.8 Å². The van der Waals surface area contributed by atoms with E-state index >= 15 is 0 Å². The van der Waals surface area contributed by atoms with E-state index in [1.165, 1.54) is 0 Å². The molecule has 0 saturated heterocycles. The van der Waals surface area contributed by atoms with E-state index in [-0.39, 0.29) is 0 Å². The van der Waals surface area contributed by atoms with Gasteiger partial charge in [-0.1, -0.05) is 29.4 Å². The molecule has 0 radical (unpaired) electrons. The van der Waals surface area contributed by atoms with E-state index in [4.69, 9.17) is 4.52 Å². The van der Waals surface area contributed by atoms with Gasteiger partial charge in [-0.3, -0.25) is 9.97 Å². The van der Waals surface area contributed by atoms with Crippen LogP contribution in [0.4, 0.5) is 0 Å². The van der Waals surface area contributed by atoms with E-state index in [2.05, 4.69) is 25.1 Å². The highest BCUT2D eigenvalue weighted by molar-refractivity contribution is 5.93. The van der Waals surface area contributed by atoms with Crippen LogP contribution in [0.5, 0.6) is 0 Å². The first-order chi connectivity index (χ1) is 10.4. The van der Waals surface area contributed by atoms with Crippen LogP contribution in [0.25, 0.3) is 33.7 Å². The summed E-state index contributed by atoms with van der Waals surface area (Å²) in [4.78, 5) is 16.7. The summed E-state index contributed by atoms with van der Waals surface area (Å²) >= 11 is 0. The summed E-state index contributed by atoms with van der Waals surface area (Å²) < 4.78 is 5.34. The van der Waals surface area contributed by atoms with Crippen molar-refractivity contribution >= 4 is 10.8 Å². The molecule has 100 valence electrons. The third-order valence-electron chi connectivity index (χ3n) is 3.12. The summed E-state index contributed by atoms with van der Waals surface area (Å²) in [6.45, 7) is 0. The Morgan fingerprint density at radius 2 is 1.86 bits per heavy atom. The average Bonchev–Trinajstić information content (AvgIpc) is 3.05. The summed E-state index contributed by atoms with van der Waals surface area (Å²) in [7, 11) is 0. The topological polar surface area (TPSA) is 77.6 Å². The third kappa shape index (κ3) is 2.02. The molecule has 0 saturated carbocycles. The Morgan fingerprint density at radius 3 is 2.76 bits per heavy atom. The summed E-state index contributed by atoms with van der Waals surface area (Å²) in [6, 6.07) is 7.92. The molecule has 0 bridgehead atoms. The minimum atomic E-state index is 0.408. The number of rotatable bonds is 2. The molecule has 6 heteroatoms. The molecule has 4 rings (SSSR count).